The van der Waals surface area contributed by atoms with Crippen molar-refractivity contribution in [3.8, 4) is 11.1 Å². The Labute approximate surface area is 270 Å². The number of hydrogen-bond acceptors (Lipinski definition) is 8. The van der Waals surface area contributed by atoms with Crippen molar-refractivity contribution in [3.63, 3.8) is 0 Å². The van der Waals surface area contributed by atoms with Crippen LogP contribution in [-0.4, -0.2) is 88.1 Å². The number of carbonyl (C=O) groups excluding carboxylic acids is 1. The van der Waals surface area contributed by atoms with Crippen molar-refractivity contribution in [2.24, 2.45) is 0 Å². The van der Waals surface area contributed by atoms with Gasteiger partial charge in [-0.3, -0.25) is 4.79 Å². The van der Waals surface area contributed by atoms with Gasteiger partial charge < -0.3 is 38.4 Å². The number of rotatable bonds is 6. The third-order valence-electron chi connectivity index (χ3n) is 8.61. The highest BCUT2D eigenvalue weighted by atomic mass is 16.7. The SMILES string of the molecule is O=C(C1=C[C@H](c2cccc3c2Cc2ccccc2-3)C[C@H](OCc2ccc(CO)cc2)O1)N1CCOCCOCCOCCOCC1. The number of aliphatic hydroxyl groups is 1. The van der Waals surface area contributed by atoms with Crippen LogP contribution in [0.25, 0.3) is 11.1 Å². The first-order valence-electron chi connectivity index (χ1n) is 16.2. The third-order valence-corrected chi connectivity index (χ3v) is 8.61. The summed E-state index contributed by atoms with van der Waals surface area (Å²) < 4.78 is 35.3. The van der Waals surface area contributed by atoms with Gasteiger partial charge in [-0.1, -0.05) is 66.7 Å². The van der Waals surface area contributed by atoms with E-state index in [1.807, 2.05) is 30.3 Å². The van der Waals surface area contributed by atoms with E-state index in [2.05, 4.69) is 42.5 Å². The summed E-state index contributed by atoms with van der Waals surface area (Å²) in [5, 5.41) is 9.42. The molecular weight excluding hydrogens is 586 g/mol. The zero-order valence-corrected chi connectivity index (χ0v) is 26.2. The second-order valence-electron chi connectivity index (χ2n) is 11.7. The summed E-state index contributed by atoms with van der Waals surface area (Å²) in [5.41, 5.74) is 8.11. The van der Waals surface area contributed by atoms with Gasteiger partial charge >= 0.3 is 0 Å². The van der Waals surface area contributed by atoms with E-state index in [1.165, 1.54) is 27.8 Å². The molecule has 1 aliphatic carbocycles. The van der Waals surface area contributed by atoms with E-state index >= 15 is 0 Å². The van der Waals surface area contributed by atoms with E-state index in [-0.39, 0.29) is 24.2 Å². The predicted octanol–water partition coefficient (Wildman–Crippen LogP) is 4.59. The molecule has 3 aliphatic rings. The largest absolute Gasteiger partial charge is 0.459 e. The Balaban J connectivity index is 1.23. The Morgan fingerprint density at radius 1 is 0.761 bits per heavy atom. The summed E-state index contributed by atoms with van der Waals surface area (Å²) in [6, 6.07) is 22.6. The molecule has 9 nitrogen and oxygen atoms in total. The topological polar surface area (TPSA) is 95.9 Å². The molecule has 1 N–H and O–H groups in total. The van der Waals surface area contributed by atoms with Crippen LogP contribution >= 0.6 is 0 Å². The highest BCUT2D eigenvalue weighted by molar-refractivity contribution is 5.92. The average Bonchev–Trinajstić information content (AvgIpc) is 3.48. The van der Waals surface area contributed by atoms with Gasteiger partial charge in [0.1, 0.15) is 0 Å². The first-order chi connectivity index (χ1) is 22.7. The third kappa shape index (κ3) is 8.22. The van der Waals surface area contributed by atoms with Gasteiger partial charge in [0.15, 0.2) is 5.76 Å². The number of benzene rings is 3. The van der Waals surface area contributed by atoms with Gasteiger partial charge in [-0.2, -0.15) is 0 Å². The Morgan fingerprint density at radius 2 is 1.39 bits per heavy atom. The lowest BCUT2D eigenvalue weighted by molar-refractivity contribution is -0.156. The normalized spacial score (nSPS) is 21.2. The molecule has 9 heteroatoms. The molecule has 0 radical (unpaired) electrons. The fourth-order valence-corrected chi connectivity index (χ4v) is 6.17. The van der Waals surface area contributed by atoms with Crippen LogP contribution in [0.2, 0.25) is 0 Å². The molecule has 0 spiro atoms. The summed E-state index contributed by atoms with van der Waals surface area (Å²) in [6.45, 7) is 4.67. The molecule has 3 aromatic rings. The van der Waals surface area contributed by atoms with Gasteiger partial charge in [-0.15, -0.1) is 0 Å². The van der Waals surface area contributed by atoms with Crippen LogP contribution < -0.4 is 0 Å². The monoisotopic (exact) mass is 629 g/mol. The number of nitrogens with zero attached hydrogens (tertiary/aromatic N) is 1. The number of hydrogen-bond donors (Lipinski definition) is 1. The Bertz CT molecular complexity index is 1460. The summed E-state index contributed by atoms with van der Waals surface area (Å²) in [4.78, 5) is 15.8. The number of fused-ring (bicyclic) bond motifs is 3. The van der Waals surface area contributed by atoms with Gasteiger partial charge in [0.25, 0.3) is 5.91 Å². The molecule has 46 heavy (non-hydrogen) atoms. The minimum absolute atomic E-state index is 0.00970. The maximum Gasteiger partial charge on any atom is 0.288 e. The first-order valence-corrected chi connectivity index (χ1v) is 16.2. The van der Waals surface area contributed by atoms with Crippen molar-refractivity contribution < 1.29 is 38.3 Å². The van der Waals surface area contributed by atoms with E-state index in [0.717, 1.165) is 17.5 Å². The Morgan fingerprint density at radius 3 is 2.09 bits per heavy atom. The second-order valence-corrected chi connectivity index (χ2v) is 11.7. The van der Waals surface area contributed by atoms with Crippen LogP contribution in [0.4, 0.5) is 0 Å². The minimum atomic E-state index is -0.628. The maximum absolute atomic E-state index is 14.1. The quantitative estimate of drug-likeness (QED) is 0.331. The number of carbonyl (C=O) groups is 1. The summed E-state index contributed by atoms with van der Waals surface area (Å²) in [7, 11) is 0. The van der Waals surface area contributed by atoms with Crippen LogP contribution in [0.1, 0.15) is 40.2 Å². The van der Waals surface area contributed by atoms with Gasteiger partial charge in [-0.05, 0) is 51.4 Å². The number of allylic oxidation sites excluding steroid dienone is 1. The van der Waals surface area contributed by atoms with E-state index in [4.69, 9.17) is 28.4 Å². The molecule has 1 saturated heterocycles. The van der Waals surface area contributed by atoms with Crippen LogP contribution in [0.3, 0.4) is 0 Å². The zero-order chi connectivity index (χ0) is 31.6. The molecule has 2 atom stereocenters. The lowest BCUT2D eigenvalue weighted by atomic mass is 9.87. The molecule has 1 fully saturated rings. The smallest absolute Gasteiger partial charge is 0.288 e. The van der Waals surface area contributed by atoms with Crippen molar-refractivity contribution in [2.75, 3.05) is 65.9 Å². The fraction of sp³-hybridized carbons (Fsp3) is 0.432. The molecule has 1 amide bonds. The van der Waals surface area contributed by atoms with Gasteiger partial charge in [0.05, 0.1) is 66.1 Å². The first kappa shape index (κ1) is 32.4. The highest BCUT2D eigenvalue weighted by Crippen LogP contribution is 2.43. The van der Waals surface area contributed by atoms with Crippen LogP contribution in [0.15, 0.2) is 78.6 Å². The number of aliphatic hydroxyl groups excluding tert-OH is 1. The van der Waals surface area contributed by atoms with Crippen LogP contribution in [0.5, 0.6) is 0 Å². The van der Waals surface area contributed by atoms with Crippen molar-refractivity contribution >= 4 is 5.91 Å². The summed E-state index contributed by atoms with van der Waals surface area (Å²) in [6.07, 6.45) is 2.77. The molecule has 244 valence electrons. The van der Waals surface area contributed by atoms with Crippen molar-refractivity contribution in [1.29, 1.82) is 0 Å². The van der Waals surface area contributed by atoms with Gasteiger partial charge in [0, 0.05) is 25.4 Å². The maximum atomic E-state index is 14.1. The Hall–Kier alpha value is -3.57. The summed E-state index contributed by atoms with van der Waals surface area (Å²) >= 11 is 0. The molecular formula is C37H43NO8. The molecule has 3 aromatic carbocycles. The second kappa shape index (κ2) is 16.3. The molecule has 6 rings (SSSR count). The zero-order valence-electron chi connectivity index (χ0n) is 26.2. The van der Waals surface area contributed by atoms with Crippen LogP contribution in [0, 0.1) is 0 Å². The molecule has 2 heterocycles. The standard InChI is InChI=1S/C37H43NO8/c39-25-27-8-10-28(11-9-27)26-45-36-24-30(32-6-3-7-33-31-5-2-1-4-29(31)22-34(32)33)23-35(46-36)37(40)38-12-14-41-16-18-43-20-21-44-19-17-42-15-13-38/h1-11,23,30,36,39H,12-22,24-26H2/t30-,36+/m0/s1. The van der Waals surface area contributed by atoms with E-state index in [1.54, 1.807) is 4.90 Å². The fourth-order valence-electron chi connectivity index (χ4n) is 6.17. The molecule has 0 aromatic heterocycles. The van der Waals surface area contributed by atoms with E-state index < -0.39 is 6.29 Å². The Kier molecular flexibility index (Phi) is 11.5. The number of ether oxygens (including phenoxy) is 6. The van der Waals surface area contributed by atoms with Gasteiger partial charge in [-0.25, -0.2) is 0 Å². The van der Waals surface area contributed by atoms with Crippen molar-refractivity contribution in [2.45, 2.75) is 38.3 Å². The van der Waals surface area contributed by atoms with Crippen molar-refractivity contribution in [3.05, 3.63) is 106 Å². The highest BCUT2D eigenvalue weighted by Gasteiger charge is 2.33. The lowest BCUT2D eigenvalue weighted by Gasteiger charge is -2.32. The lowest BCUT2D eigenvalue weighted by Crippen LogP contribution is -2.40. The molecule has 2 aliphatic heterocycles. The van der Waals surface area contributed by atoms with E-state index in [0.29, 0.717) is 79.0 Å². The van der Waals surface area contributed by atoms with Crippen molar-refractivity contribution in [1.82, 2.24) is 4.90 Å². The van der Waals surface area contributed by atoms with E-state index in [9.17, 15) is 9.90 Å². The molecule has 0 bridgehead atoms. The predicted molar refractivity (Wildman–Crippen MR) is 172 cm³/mol. The molecule has 0 unspecified atom stereocenters. The van der Waals surface area contributed by atoms with Gasteiger partial charge in [0.2, 0.25) is 6.29 Å². The average molecular weight is 630 g/mol. The summed E-state index contributed by atoms with van der Waals surface area (Å²) in [5.74, 6) is -0.0240. The minimum Gasteiger partial charge on any atom is -0.459 e. The molecule has 0 saturated carbocycles. The van der Waals surface area contributed by atoms with Crippen LogP contribution in [-0.2, 0) is 52.9 Å². The number of amides is 1.